The fourth-order valence-electron chi connectivity index (χ4n) is 2.84. The molecule has 3 rings (SSSR count). The van der Waals surface area contributed by atoms with E-state index in [1.54, 1.807) is 38.5 Å². The molecule has 0 spiro atoms. The Morgan fingerprint density at radius 3 is 2.75 bits per heavy atom. The number of benzene rings is 1. The van der Waals surface area contributed by atoms with E-state index in [9.17, 15) is 4.79 Å². The van der Waals surface area contributed by atoms with Crippen LogP contribution in [0.15, 0.2) is 30.6 Å². The van der Waals surface area contributed by atoms with E-state index < -0.39 is 0 Å². The molecule has 28 heavy (non-hydrogen) atoms. The van der Waals surface area contributed by atoms with E-state index in [2.05, 4.69) is 25.5 Å². The maximum absolute atomic E-state index is 12.6. The second-order valence-corrected chi connectivity index (χ2v) is 6.19. The fourth-order valence-corrected chi connectivity index (χ4v) is 2.84. The maximum Gasteiger partial charge on any atom is 0.274 e. The SMILES string of the molecule is COc1ccc(OC)c(NC(=O)c2cc(NCCN3CCOCC3)ncn2)c1. The van der Waals surface area contributed by atoms with Crippen LogP contribution >= 0.6 is 0 Å². The van der Waals surface area contributed by atoms with Gasteiger partial charge in [-0.25, -0.2) is 9.97 Å². The van der Waals surface area contributed by atoms with E-state index in [0.717, 1.165) is 39.4 Å². The standard InChI is InChI=1S/C19H25N5O4/c1-26-14-3-4-17(27-2)15(11-14)23-19(25)16-12-18(22-13-21-16)20-5-6-24-7-9-28-10-8-24/h3-4,11-13H,5-10H2,1-2H3,(H,23,25)(H,20,21,22). The van der Waals surface area contributed by atoms with Crippen molar-refractivity contribution in [1.82, 2.24) is 14.9 Å². The van der Waals surface area contributed by atoms with Gasteiger partial charge in [0.25, 0.3) is 5.91 Å². The van der Waals surface area contributed by atoms with Crippen LogP contribution in [0.2, 0.25) is 0 Å². The molecule has 1 amide bonds. The Bertz CT molecular complexity index is 796. The van der Waals surface area contributed by atoms with Gasteiger partial charge in [0.2, 0.25) is 0 Å². The van der Waals surface area contributed by atoms with Crippen molar-refractivity contribution in [3.8, 4) is 11.5 Å². The number of carbonyl (C=O) groups excluding carboxylic acids is 1. The third-order valence-corrected chi connectivity index (χ3v) is 4.39. The first-order valence-electron chi connectivity index (χ1n) is 9.09. The maximum atomic E-state index is 12.6. The second-order valence-electron chi connectivity index (χ2n) is 6.19. The Labute approximate surface area is 164 Å². The van der Waals surface area contributed by atoms with E-state index >= 15 is 0 Å². The molecule has 0 bridgehead atoms. The highest BCUT2D eigenvalue weighted by Gasteiger charge is 2.14. The van der Waals surface area contributed by atoms with Gasteiger partial charge < -0.3 is 24.8 Å². The molecule has 2 heterocycles. The van der Waals surface area contributed by atoms with Gasteiger partial charge in [0.15, 0.2) is 0 Å². The number of methoxy groups -OCH3 is 2. The molecule has 9 heteroatoms. The van der Waals surface area contributed by atoms with Gasteiger partial charge in [0, 0.05) is 38.3 Å². The van der Waals surface area contributed by atoms with Gasteiger partial charge in [0.1, 0.15) is 29.3 Å². The van der Waals surface area contributed by atoms with Crippen molar-refractivity contribution in [3.63, 3.8) is 0 Å². The van der Waals surface area contributed by atoms with Crippen molar-refractivity contribution in [3.05, 3.63) is 36.3 Å². The summed E-state index contributed by atoms with van der Waals surface area (Å²) in [6, 6.07) is 6.81. The van der Waals surface area contributed by atoms with Gasteiger partial charge in [-0.15, -0.1) is 0 Å². The number of carbonyl (C=O) groups is 1. The smallest absolute Gasteiger partial charge is 0.274 e. The number of nitrogens with zero attached hydrogens (tertiary/aromatic N) is 3. The average Bonchev–Trinajstić information content (AvgIpc) is 2.74. The molecule has 1 saturated heterocycles. The molecule has 1 fully saturated rings. The highest BCUT2D eigenvalue weighted by atomic mass is 16.5. The van der Waals surface area contributed by atoms with Crippen LogP contribution in [0.1, 0.15) is 10.5 Å². The molecular formula is C19H25N5O4. The number of anilines is 2. The predicted molar refractivity (Wildman–Crippen MR) is 105 cm³/mol. The van der Waals surface area contributed by atoms with Gasteiger partial charge in [-0.1, -0.05) is 0 Å². The molecule has 2 N–H and O–H groups in total. The minimum Gasteiger partial charge on any atom is -0.497 e. The van der Waals surface area contributed by atoms with Crippen molar-refractivity contribution < 1.29 is 19.0 Å². The predicted octanol–water partition coefficient (Wildman–Crippen LogP) is 1.49. The summed E-state index contributed by atoms with van der Waals surface area (Å²) >= 11 is 0. The lowest BCUT2D eigenvalue weighted by Crippen LogP contribution is -2.39. The molecule has 1 aromatic heterocycles. The first kappa shape index (κ1) is 19.8. The van der Waals surface area contributed by atoms with Crippen LogP contribution in [-0.2, 0) is 4.74 Å². The van der Waals surface area contributed by atoms with Crippen molar-refractivity contribution in [2.75, 3.05) is 64.2 Å². The van der Waals surface area contributed by atoms with Crippen LogP contribution in [0.3, 0.4) is 0 Å². The van der Waals surface area contributed by atoms with Gasteiger partial charge in [-0.3, -0.25) is 9.69 Å². The fraction of sp³-hybridized carbons (Fsp3) is 0.421. The summed E-state index contributed by atoms with van der Waals surface area (Å²) < 4.78 is 15.8. The zero-order chi connectivity index (χ0) is 19.8. The third kappa shape index (κ3) is 5.30. The summed E-state index contributed by atoms with van der Waals surface area (Å²) in [5.41, 5.74) is 0.765. The lowest BCUT2D eigenvalue weighted by Gasteiger charge is -2.26. The van der Waals surface area contributed by atoms with Crippen molar-refractivity contribution in [1.29, 1.82) is 0 Å². The normalized spacial score (nSPS) is 14.4. The van der Waals surface area contributed by atoms with Crippen LogP contribution in [-0.4, -0.2) is 74.4 Å². The van der Waals surface area contributed by atoms with Gasteiger partial charge in [-0.2, -0.15) is 0 Å². The highest BCUT2D eigenvalue weighted by Crippen LogP contribution is 2.29. The Balaban J connectivity index is 1.60. The van der Waals surface area contributed by atoms with Crippen molar-refractivity contribution in [2.45, 2.75) is 0 Å². The van der Waals surface area contributed by atoms with Crippen LogP contribution in [0.25, 0.3) is 0 Å². The van der Waals surface area contributed by atoms with Crippen LogP contribution < -0.4 is 20.1 Å². The van der Waals surface area contributed by atoms with Gasteiger partial charge in [-0.05, 0) is 12.1 Å². The quantitative estimate of drug-likeness (QED) is 0.703. The molecule has 1 aliphatic rings. The van der Waals surface area contributed by atoms with Crippen molar-refractivity contribution in [2.24, 2.45) is 0 Å². The molecule has 0 aliphatic carbocycles. The monoisotopic (exact) mass is 387 g/mol. The van der Waals surface area contributed by atoms with E-state index in [0.29, 0.717) is 23.0 Å². The zero-order valence-electron chi connectivity index (χ0n) is 16.1. The van der Waals surface area contributed by atoms with E-state index in [4.69, 9.17) is 14.2 Å². The molecule has 0 saturated carbocycles. The molecule has 9 nitrogen and oxygen atoms in total. The van der Waals surface area contributed by atoms with Crippen molar-refractivity contribution >= 4 is 17.4 Å². The number of rotatable bonds is 8. The zero-order valence-corrected chi connectivity index (χ0v) is 16.1. The summed E-state index contributed by atoms with van der Waals surface area (Å²) in [5.74, 6) is 1.40. The molecule has 0 atom stereocenters. The molecular weight excluding hydrogens is 362 g/mol. The lowest BCUT2D eigenvalue weighted by atomic mass is 10.2. The minimum absolute atomic E-state index is 0.258. The number of aromatic nitrogens is 2. The topological polar surface area (TPSA) is 97.8 Å². The summed E-state index contributed by atoms with van der Waals surface area (Å²) in [6.07, 6.45) is 1.37. The number of hydrogen-bond acceptors (Lipinski definition) is 8. The number of amides is 1. The summed E-state index contributed by atoms with van der Waals surface area (Å²) in [6.45, 7) is 5.01. The first-order valence-corrected chi connectivity index (χ1v) is 9.09. The molecule has 2 aromatic rings. The van der Waals surface area contributed by atoms with E-state index in [-0.39, 0.29) is 11.6 Å². The van der Waals surface area contributed by atoms with Crippen LogP contribution in [0, 0.1) is 0 Å². The second kappa shape index (κ2) is 9.86. The Hall–Kier alpha value is -2.91. The molecule has 1 aromatic carbocycles. The number of ether oxygens (including phenoxy) is 3. The third-order valence-electron chi connectivity index (χ3n) is 4.39. The number of nitrogens with one attached hydrogen (secondary N) is 2. The summed E-state index contributed by atoms with van der Waals surface area (Å²) in [5, 5.41) is 6.04. The Kier molecular flexibility index (Phi) is 6.99. The Morgan fingerprint density at radius 1 is 1.18 bits per heavy atom. The summed E-state index contributed by atoms with van der Waals surface area (Å²) in [4.78, 5) is 23.2. The number of morpholine rings is 1. The lowest BCUT2D eigenvalue weighted by molar-refractivity contribution is 0.0398. The molecule has 1 aliphatic heterocycles. The van der Waals surface area contributed by atoms with Gasteiger partial charge in [0.05, 0.1) is 33.1 Å². The van der Waals surface area contributed by atoms with E-state index in [1.165, 1.54) is 6.33 Å². The van der Waals surface area contributed by atoms with Crippen LogP contribution in [0.5, 0.6) is 11.5 Å². The minimum atomic E-state index is -0.356. The van der Waals surface area contributed by atoms with E-state index in [1.807, 2.05) is 0 Å². The molecule has 0 radical (unpaired) electrons. The molecule has 150 valence electrons. The van der Waals surface area contributed by atoms with Crippen LogP contribution in [0.4, 0.5) is 11.5 Å². The molecule has 0 unspecified atom stereocenters. The first-order chi connectivity index (χ1) is 13.7. The van der Waals surface area contributed by atoms with Gasteiger partial charge >= 0.3 is 0 Å². The highest BCUT2D eigenvalue weighted by molar-refractivity contribution is 6.04. The number of hydrogen-bond donors (Lipinski definition) is 2. The summed E-state index contributed by atoms with van der Waals surface area (Å²) in [7, 11) is 3.10. The largest absolute Gasteiger partial charge is 0.497 e. The Morgan fingerprint density at radius 2 is 2.00 bits per heavy atom. The average molecular weight is 387 g/mol.